The average Bonchev–Trinajstić information content (AvgIpc) is 2.56. The summed E-state index contributed by atoms with van der Waals surface area (Å²) in [6.45, 7) is 0. The maximum Gasteiger partial charge on any atom is 0.0101 e. The Hall–Kier alpha value is -0.0400. The van der Waals surface area contributed by atoms with Crippen LogP contribution >= 0.6 is 0 Å². The van der Waals surface area contributed by atoms with Gasteiger partial charge in [0.25, 0.3) is 0 Å². The van der Waals surface area contributed by atoms with Crippen molar-refractivity contribution < 1.29 is 0 Å². The highest BCUT2D eigenvalue weighted by Crippen LogP contribution is 2.40. The second-order valence-corrected chi connectivity index (χ2v) is 5.08. The molecule has 2 aliphatic carbocycles. The molecule has 0 aromatic heterocycles. The van der Waals surface area contributed by atoms with E-state index in [1.54, 1.807) is 0 Å². The van der Waals surface area contributed by atoms with Gasteiger partial charge in [-0.3, -0.25) is 0 Å². The highest BCUT2D eigenvalue weighted by atomic mass is 15.0. The molecule has 1 saturated heterocycles. The number of hydrogen-bond acceptors (Lipinski definition) is 1. The van der Waals surface area contributed by atoms with Crippen molar-refractivity contribution in [1.29, 1.82) is 0 Å². The fourth-order valence-electron chi connectivity index (χ4n) is 3.32. The first kappa shape index (κ1) is 7.37. The Kier molecular flexibility index (Phi) is 1.68. The zero-order valence-electron chi connectivity index (χ0n) is 7.76. The van der Waals surface area contributed by atoms with E-state index >= 15 is 0 Å². The minimum atomic E-state index is 0.917. The summed E-state index contributed by atoms with van der Waals surface area (Å²) < 4.78 is 0. The average molecular weight is 165 g/mol. The summed E-state index contributed by atoms with van der Waals surface area (Å²) in [5, 5.41) is 3.79. The largest absolute Gasteiger partial charge is 0.311 e. The number of fused-ring (bicyclic) bond motifs is 2. The Bertz CT molecular complexity index is 174. The van der Waals surface area contributed by atoms with Gasteiger partial charge in [-0.2, -0.15) is 0 Å². The third-order valence-electron chi connectivity index (χ3n) is 4.30. The van der Waals surface area contributed by atoms with Crippen molar-refractivity contribution in [3.05, 3.63) is 0 Å². The fourth-order valence-corrected chi connectivity index (χ4v) is 3.32. The predicted molar refractivity (Wildman–Crippen MR) is 50.0 cm³/mol. The first-order chi connectivity index (χ1) is 5.92. The van der Waals surface area contributed by atoms with Gasteiger partial charge in [0.05, 0.1) is 0 Å². The number of nitrogens with one attached hydrogen (secondary N) is 1. The van der Waals surface area contributed by atoms with Crippen molar-refractivity contribution in [2.45, 2.75) is 57.0 Å². The van der Waals surface area contributed by atoms with Crippen molar-refractivity contribution in [2.24, 2.45) is 11.8 Å². The number of hydrogen-bond donors (Lipinski definition) is 1. The van der Waals surface area contributed by atoms with Gasteiger partial charge in [-0.25, -0.2) is 0 Å². The zero-order chi connectivity index (χ0) is 7.97. The lowest BCUT2D eigenvalue weighted by molar-refractivity contribution is 0.232. The third-order valence-corrected chi connectivity index (χ3v) is 4.30. The summed E-state index contributed by atoms with van der Waals surface area (Å²) in [5.41, 5.74) is 0. The molecular weight excluding hydrogens is 146 g/mol. The Labute approximate surface area is 74.9 Å². The Morgan fingerprint density at radius 2 is 2.00 bits per heavy atom. The Balaban J connectivity index is 1.56. The van der Waals surface area contributed by atoms with Gasteiger partial charge < -0.3 is 5.32 Å². The summed E-state index contributed by atoms with van der Waals surface area (Å²) in [6, 6.07) is 1.84. The van der Waals surface area contributed by atoms with E-state index in [4.69, 9.17) is 0 Å². The summed E-state index contributed by atoms with van der Waals surface area (Å²) in [4.78, 5) is 0. The van der Waals surface area contributed by atoms with Crippen molar-refractivity contribution >= 4 is 0 Å². The standard InChI is InChI=1S/C11H19N/c1-2-8(3-1)6-11-9-4-5-10(7-9)12-11/h8-12H,1-7H2. The molecule has 1 heteroatoms. The van der Waals surface area contributed by atoms with Crippen LogP contribution in [0, 0.1) is 11.8 Å². The molecule has 2 bridgehead atoms. The van der Waals surface area contributed by atoms with Crippen molar-refractivity contribution in [3.8, 4) is 0 Å². The van der Waals surface area contributed by atoms with E-state index < -0.39 is 0 Å². The lowest BCUT2D eigenvalue weighted by Gasteiger charge is -2.32. The highest BCUT2D eigenvalue weighted by Gasteiger charge is 2.40. The molecule has 1 aliphatic heterocycles. The van der Waals surface area contributed by atoms with Gasteiger partial charge in [0, 0.05) is 12.1 Å². The van der Waals surface area contributed by atoms with Crippen LogP contribution < -0.4 is 5.32 Å². The minimum absolute atomic E-state index is 0.917. The molecule has 0 aromatic carbocycles. The lowest BCUT2D eigenvalue weighted by Crippen LogP contribution is -2.37. The van der Waals surface area contributed by atoms with Gasteiger partial charge in [-0.1, -0.05) is 19.3 Å². The van der Waals surface area contributed by atoms with Crippen LogP contribution in [0.5, 0.6) is 0 Å². The van der Waals surface area contributed by atoms with Gasteiger partial charge in [0.2, 0.25) is 0 Å². The van der Waals surface area contributed by atoms with Crippen molar-refractivity contribution in [1.82, 2.24) is 5.32 Å². The summed E-state index contributed by atoms with van der Waals surface area (Å²) >= 11 is 0. The molecule has 3 unspecified atom stereocenters. The maximum absolute atomic E-state index is 3.79. The fraction of sp³-hybridized carbons (Fsp3) is 1.00. The van der Waals surface area contributed by atoms with Crippen LogP contribution in [0.3, 0.4) is 0 Å². The third kappa shape index (κ3) is 1.10. The molecule has 1 nitrogen and oxygen atoms in total. The second-order valence-electron chi connectivity index (χ2n) is 5.08. The van der Waals surface area contributed by atoms with Crippen molar-refractivity contribution in [2.75, 3.05) is 0 Å². The summed E-state index contributed by atoms with van der Waals surface area (Å²) in [6.07, 6.45) is 10.5. The Morgan fingerprint density at radius 3 is 2.50 bits per heavy atom. The molecule has 0 spiro atoms. The highest BCUT2D eigenvalue weighted by molar-refractivity contribution is 4.97. The number of rotatable bonds is 2. The molecular formula is C11H19N. The molecule has 68 valence electrons. The summed E-state index contributed by atoms with van der Waals surface area (Å²) in [7, 11) is 0. The zero-order valence-corrected chi connectivity index (χ0v) is 7.76. The van der Waals surface area contributed by atoms with Crippen LogP contribution in [0.25, 0.3) is 0 Å². The van der Waals surface area contributed by atoms with Crippen molar-refractivity contribution in [3.63, 3.8) is 0 Å². The van der Waals surface area contributed by atoms with Gasteiger partial charge in [-0.15, -0.1) is 0 Å². The molecule has 3 fully saturated rings. The SMILES string of the molecule is C1CC(CC2NC3CCC2C3)C1. The molecule has 3 aliphatic rings. The first-order valence-electron chi connectivity index (χ1n) is 5.68. The predicted octanol–water partition coefficient (Wildman–Crippen LogP) is 2.32. The van der Waals surface area contributed by atoms with E-state index in [0.717, 1.165) is 23.9 Å². The molecule has 12 heavy (non-hydrogen) atoms. The molecule has 1 N–H and O–H groups in total. The smallest absolute Gasteiger partial charge is 0.0101 e. The maximum atomic E-state index is 3.79. The molecule has 2 saturated carbocycles. The molecule has 0 radical (unpaired) electrons. The second kappa shape index (κ2) is 2.73. The first-order valence-corrected chi connectivity index (χ1v) is 5.68. The van der Waals surface area contributed by atoms with Crippen LogP contribution in [0.1, 0.15) is 44.9 Å². The molecule has 3 rings (SSSR count). The van der Waals surface area contributed by atoms with E-state index in [0.29, 0.717) is 0 Å². The van der Waals surface area contributed by atoms with Gasteiger partial charge in [0.1, 0.15) is 0 Å². The quantitative estimate of drug-likeness (QED) is 0.662. The van der Waals surface area contributed by atoms with Gasteiger partial charge in [0.15, 0.2) is 0 Å². The minimum Gasteiger partial charge on any atom is -0.311 e. The Morgan fingerprint density at radius 1 is 1.08 bits per heavy atom. The number of piperidine rings is 1. The van der Waals surface area contributed by atoms with Crippen LogP contribution in [0.4, 0.5) is 0 Å². The van der Waals surface area contributed by atoms with Crippen LogP contribution in [-0.2, 0) is 0 Å². The lowest BCUT2D eigenvalue weighted by atomic mass is 9.78. The van der Waals surface area contributed by atoms with Gasteiger partial charge >= 0.3 is 0 Å². The molecule has 0 aromatic rings. The van der Waals surface area contributed by atoms with Gasteiger partial charge in [-0.05, 0) is 37.5 Å². The normalized spacial score (nSPS) is 46.5. The van der Waals surface area contributed by atoms with E-state index in [1.807, 2.05) is 0 Å². The molecule has 3 atom stereocenters. The van der Waals surface area contributed by atoms with Crippen LogP contribution in [-0.4, -0.2) is 12.1 Å². The van der Waals surface area contributed by atoms with Crippen LogP contribution in [0.2, 0.25) is 0 Å². The van der Waals surface area contributed by atoms with E-state index in [-0.39, 0.29) is 0 Å². The van der Waals surface area contributed by atoms with Crippen LogP contribution in [0.15, 0.2) is 0 Å². The van der Waals surface area contributed by atoms with E-state index in [9.17, 15) is 0 Å². The molecule has 0 amide bonds. The topological polar surface area (TPSA) is 12.0 Å². The monoisotopic (exact) mass is 165 g/mol. The van der Waals surface area contributed by atoms with E-state index in [2.05, 4.69) is 5.32 Å². The molecule has 1 heterocycles. The van der Waals surface area contributed by atoms with E-state index in [1.165, 1.54) is 44.9 Å². The summed E-state index contributed by atoms with van der Waals surface area (Å²) in [5.74, 6) is 2.16.